The predicted molar refractivity (Wildman–Crippen MR) is 102 cm³/mol. The van der Waals surface area contributed by atoms with E-state index in [1.54, 1.807) is 13.8 Å². The topological polar surface area (TPSA) is 58.2 Å². The maximum Gasteiger partial charge on any atom is 0.213 e. The molecule has 0 aromatic heterocycles. The lowest BCUT2D eigenvalue weighted by Gasteiger charge is -2.09. The second-order valence-electron chi connectivity index (χ2n) is 6.41. The van der Waals surface area contributed by atoms with Crippen molar-refractivity contribution in [2.24, 2.45) is 0 Å². The summed E-state index contributed by atoms with van der Waals surface area (Å²) in [6, 6.07) is 14.9. The molecule has 0 saturated carbocycles. The minimum Gasteiger partial charge on any atom is -0.313 e. The van der Waals surface area contributed by atoms with Gasteiger partial charge in [0.1, 0.15) is 0 Å². The molecule has 2 aromatic carbocycles. The molecule has 2 N–H and O–H groups in total. The molecule has 2 rings (SSSR count). The molecular formula is C19H28N2O2S. The van der Waals surface area contributed by atoms with Gasteiger partial charge in [0.25, 0.3) is 0 Å². The lowest BCUT2D eigenvalue weighted by atomic mass is 10.1. The van der Waals surface area contributed by atoms with Crippen molar-refractivity contribution in [2.75, 3.05) is 13.1 Å². The molecule has 0 bridgehead atoms. The van der Waals surface area contributed by atoms with Crippen molar-refractivity contribution in [1.82, 2.24) is 10.0 Å². The highest BCUT2D eigenvalue weighted by Gasteiger charge is 2.13. The third-order valence-electron chi connectivity index (χ3n) is 4.10. The van der Waals surface area contributed by atoms with Gasteiger partial charge in [0.05, 0.1) is 5.25 Å². The van der Waals surface area contributed by atoms with Gasteiger partial charge in [0.15, 0.2) is 0 Å². The molecule has 0 aliphatic carbocycles. The maximum absolute atomic E-state index is 11.6. The largest absolute Gasteiger partial charge is 0.313 e. The van der Waals surface area contributed by atoms with Crippen LogP contribution in [-0.2, 0) is 16.6 Å². The summed E-state index contributed by atoms with van der Waals surface area (Å²) in [6.45, 7) is 5.73. The smallest absolute Gasteiger partial charge is 0.213 e. The number of rotatable bonds is 10. The molecule has 2 aromatic rings. The standard InChI is InChI=1S/C19H28N2O2S/c1-16(2)24(22,23)21-13-7-3-6-12-20-15-17-10-11-18-8-4-5-9-19(18)14-17/h4-5,8-11,14,16,20-21H,3,6-7,12-13,15H2,1-2H3. The van der Waals surface area contributed by atoms with Crippen molar-refractivity contribution in [3.63, 3.8) is 0 Å². The van der Waals surface area contributed by atoms with Crippen molar-refractivity contribution in [3.8, 4) is 0 Å². The number of hydrogen-bond donors (Lipinski definition) is 2. The zero-order valence-electron chi connectivity index (χ0n) is 14.6. The van der Waals surface area contributed by atoms with Gasteiger partial charge in [-0.1, -0.05) is 42.8 Å². The van der Waals surface area contributed by atoms with Gasteiger partial charge in [-0.2, -0.15) is 0 Å². The van der Waals surface area contributed by atoms with Crippen molar-refractivity contribution < 1.29 is 8.42 Å². The third kappa shape index (κ3) is 5.89. The Hall–Kier alpha value is -1.43. The Morgan fingerprint density at radius 3 is 2.38 bits per heavy atom. The number of nitrogens with one attached hydrogen (secondary N) is 2. The molecule has 0 atom stereocenters. The summed E-state index contributed by atoms with van der Waals surface area (Å²) < 4.78 is 25.8. The molecule has 0 aliphatic heterocycles. The quantitative estimate of drug-likeness (QED) is 0.647. The average molecular weight is 349 g/mol. The van der Waals surface area contributed by atoms with Crippen LogP contribution in [0.25, 0.3) is 10.8 Å². The predicted octanol–water partition coefficient (Wildman–Crippen LogP) is 3.43. The number of sulfonamides is 1. The van der Waals surface area contributed by atoms with Crippen LogP contribution in [0.1, 0.15) is 38.7 Å². The lowest BCUT2D eigenvalue weighted by Crippen LogP contribution is -2.31. The molecule has 0 spiro atoms. The molecule has 0 aliphatic rings. The second kappa shape index (κ2) is 9.16. The normalized spacial score (nSPS) is 12.1. The van der Waals surface area contributed by atoms with Crippen LogP contribution in [0.3, 0.4) is 0 Å². The van der Waals surface area contributed by atoms with Crippen LogP contribution in [0.15, 0.2) is 42.5 Å². The third-order valence-corrected chi connectivity index (χ3v) is 5.94. The fourth-order valence-corrected chi connectivity index (χ4v) is 3.28. The Kier molecular flexibility index (Phi) is 7.21. The first-order valence-electron chi connectivity index (χ1n) is 8.66. The highest BCUT2D eigenvalue weighted by atomic mass is 32.2. The van der Waals surface area contributed by atoms with E-state index in [1.165, 1.54) is 16.3 Å². The van der Waals surface area contributed by atoms with E-state index in [0.717, 1.165) is 32.4 Å². The average Bonchev–Trinajstić information content (AvgIpc) is 2.57. The van der Waals surface area contributed by atoms with Crippen LogP contribution < -0.4 is 10.0 Å². The highest BCUT2D eigenvalue weighted by Crippen LogP contribution is 2.15. The minimum atomic E-state index is -3.12. The first-order chi connectivity index (χ1) is 11.5. The van der Waals surface area contributed by atoms with Crippen molar-refractivity contribution in [3.05, 3.63) is 48.0 Å². The van der Waals surface area contributed by atoms with Gasteiger partial charge in [-0.05, 0) is 55.6 Å². The van der Waals surface area contributed by atoms with Crippen molar-refractivity contribution in [2.45, 2.75) is 44.9 Å². The summed E-state index contributed by atoms with van der Waals surface area (Å²) in [6.07, 6.45) is 2.95. The summed E-state index contributed by atoms with van der Waals surface area (Å²) in [7, 11) is -3.12. The van der Waals surface area contributed by atoms with E-state index < -0.39 is 10.0 Å². The van der Waals surface area contributed by atoms with E-state index in [1.807, 2.05) is 0 Å². The molecule has 24 heavy (non-hydrogen) atoms. The van der Waals surface area contributed by atoms with Crippen molar-refractivity contribution >= 4 is 20.8 Å². The van der Waals surface area contributed by atoms with Crippen LogP contribution in [0.4, 0.5) is 0 Å². The Morgan fingerprint density at radius 1 is 0.917 bits per heavy atom. The molecule has 132 valence electrons. The van der Waals surface area contributed by atoms with E-state index in [9.17, 15) is 8.42 Å². The van der Waals surface area contributed by atoms with Crippen LogP contribution >= 0.6 is 0 Å². The molecule has 0 radical (unpaired) electrons. The SMILES string of the molecule is CC(C)S(=O)(=O)NCCCCCNCc1ccc2ccccc2c1. The monoisotopic (exact) mass is 348 g/mol. The summed E-state index contributed by atoms with van der Waals surface area (Å²) in [4.78, 5) is 0. The molecule has 0 unspecified atom stereocenters. The number of fused-ring (bicyclic) bond motifs is 1. The zero-order valence-corrected chi connectivity index (χ0v) is 15.4. The summed E-state index contributed by atoms with van der Waals surface area (Å²) >= 11 is 0. The molecule has 0 saturated heterocycles. The Bertz CT molecular complexity index is 742. The lowest BCUT2D eigenvalue weighted by molar-refractivity contribution is 0.560. The molecule has 0 fully saturated rings. The molecule has 4 nitrogen and oxygen atoms in total. The zero-order chi connectivity index (χ0) is 17.4. The van der Waals surface area contributed by atoms with Crippen LogP contribution in [0.5, 0.6) is 0 Å². The van der Waals surface area contributed by atoms with Crippen LogP contribution in [-0.4, -0.2) is 26.8 Å². The van der Waals surface area contributed by atoms with Gasteiger partial charge < -0.3 is 5.32 Å². The minimum absolute atomic E-state index is 0.360. The number of benzene rings is 2. The van der Waals surface area contributed by atoms with Crippen LogP contribution in [0, 0.1) is 0 Å². The molecule has 0 amide bonds. The first-order valence-corrected chi connectivity index (χ1v) is 10.2. The van der Waals surface area contributed by atoms with Gasteiger partial charge in [0.2, 0.25) is 10.0 Å². The van der Waals surface area contributed by atoms with E-state index in [4.69, 9.17) is 0 Å². The summed E-state index contributed by atoms with van der Waals surface area (Å²) in [5.74, 6) is 0. The van der Waals surface area contributed by atoms with E-state index >= 15 is 0 Å². The van der Waals surface area contributed by atoms with Gasteiger partial charge in [-0.3, -0.25) is 0 Å². The fraction of sp³-hybridized carbons (Fsp3) is 0.474. The summed E-state index contributed by atoms with van der Waals surface area (Å²) in [5, 5.41) is 5.63. The molecular weight excluding hydrogens is 320 g/mol. The Labute approximate surface area is 145 Å². The second-order valence-corrected chi connectivity index (χ2v) is 8.73. The number of hydrogen-bond acceptors (Lipinski definition) is 3. The Balaban J connectivity index is 1.59. The van der Waals surface area contributed by atoms with Gasteiger partial charge in [-0.25, -0.2) is 13.1 Å². The van der Waals surface area contributed by atoms with E-state index in [2.05, 4.69) is 52.5 Å². The highest BCUT2D eigenvalue weighted by molar-refractivity contribution is 7.90. The van der Waals surface area contributed by atoms with Gasteiger partial charge >= 0.3 is 0 Å². The van der Waals surface area contributed by atoms with Gasteiger partial charge in [-0.15, -0.1) is 0 Å². The maximum atomic E-state index is 11.6. The number of unbranched alkanes of at least 4 members (excludes halogenated alkanes) is 2. The molecule has 5 heteroatoms. The van der Waals surface area contributed by atoms with E-state index in [0.29, 0.717) is 6.54 Å². The van der Waals surface area contributed by atoms with Crippen LogP contribution in [0.2, 0.25) is 0 Å². The Morgan fingerprint density at radius 2 is 1.62 bits per heavy atom. The summed E-state index contributed by atoms with van der Waals surface area (Å²) in [5.41, 5.74) is 1.29. The fourth-order valence-electron chi connectivity index (χ4n) is 2.51. The first kappa shape index (κ1) is 18.9. The molecule has 0 heterocycles. The van der Waals surface area contributed by atoms with E-state index in [-0.39, 0.29) is 5.25 Å². The van der Waals surface area contributed by atoms with Crippen molar-refractivity contribution in [1.29, 1.82) is 0 Å². The van der Waals surface area contributed by atoms with Gasteiger partial charge in [0, 0.05) is 13.1 Å².